The van der Waals surface area contributed by atoms with Crippen LogP contribution in [0.4, 0.5) is 0 Å². The van der Waals surface area contributed by atoms with Gasteiger partial charge >= 0.3 is 5.97 Å². The number of amides is 1. The summed E-state index contributed by atoms with van der Waals surface area (Å²) in [5.41, 5.74) is 2.33. The number of methoxy groups -OCH3 is 1. The van der Waals surface area contributed by atoms with E-state index in [4.69, 9.17) is 14.2 Å². The molecule has 7 heteroatoms. The molecule has 0 spiro atoms. The molecule has 0 unspecified atom stereocenters. The molecule has 0 aromatic heterocycles. The Morgan fingerprint density at radius 3 is 2.34 bits per heavy atom. The molecule has 3 aromatic rings. The molecule has 5 rings (SSSR count). The van der Waals surface area contributed by atoms with E-state index in [1.807, 2.05) is 69.3 Å². The second-order valence-corrected chi connectivity index (χ2v) is 14.3. The number of carboxylic acids is 1. The van der Waals surface area contributed by atoms with Crippen LogP contribution in [-0.4, -0.2) is 53.8 Å². The Hall–Kier alpha value is -3.42. The third-order valence-electron chi connectivity index (χ3n) is 9.29. The zero-order valence-electron chi connectivity index (χ0n) is 27.1. The lowest BCUT2D eigenvalue weighted by Gasteiger charge is -2.35. The number of benzene rings is 3. The lowest BCUT2D eigenvalue weighted by atomic mass is 9.73. The van der Waals surface area contributed by atoms with Gasteiger partial charge in [0.25, 0.3) is 5.91 Å². The smallest absolute Gasteiger partial charge is 0.326 e. The molecule has 7 nitrogen and oxygen atoms in total. The van der Waals surface area contributed by atoms with Crippen LogP contribution in [0.3, 0.4) is 0 Å². The van der Waals surface area contributed by atoms with Gasteiger partial charge in [0.2, 0.25) is 0 Å². The van der Waals surface area contributed by atoms with Gasteiger partial charge in [-0.2, -0.15) is 0 Å². The fourth-order valence-corrected chi connectivity index (χ4v) is 7.07. The topological polar surface area (TPSA) is 85.3 Å². The molecular formula is C37H47NO6. The number of hydrogen-bond donors (Lipinski definition) is 1. The highest BCUT2D eigenvalue weighted by Gasteiger charge is 2.59. The van der Waals surface area contributed by atoms with E-state index in [0.29, 0.717) is 18.8 Å². The van der Waals surface area contributed by atoms with E-state index in [0.717, 1.165) is 40.3 Å². The Morgan fingerprint density at radius 1 is 0.977 bits per heavy atom. The minimum Gasteiger partial charge on any atom is -0.496 e. The van der Waals surface area contributed by atoms with Gasteiger partial charge in [0.05, 0.1) is 25.9 Å². The van der Waals surface area contributed by atoms with Crippen molar-refractivity contribution in [3.63, 3.8) is 0 Å². The van der Waals surface area contributed by atoms with Crippen LogP contribution in [-0.2, 0) is 31.1 Å². The van der Waals surface area contributed by atoms with E-state index in [-0.39, 0.29) is 17.9 Å². The van der Waals surface area contributed by atoms with Crippen molar-refractivity contribution in [1.82, 2.24) is 4.90 Å². The minimum atomic E-state index is -1.09. The maximum Gasteiger partial charge on any atom is 0.326 e. The Kier molecular flexibility index (Phi) is 9.11. The van der Waals surface area contributed by atoms with Gasteiger partial charge < -0.3 is 24.2 Å². The molecule has 0 radical (unpaired) electrons. The third-order valence-corrected chi connectivity index (χ3v) is 9.29. The summed E-state index contributed by atoms with van der Waals surface area (Å²) < 4.78 is 18.6. The number of carboxylic acid groups (broad SMARTS) is 1. The van der Waals surface area contributed by atoms with Crippen LogP contribution in [0.15, 0.2) is 60.7 Å². The van der Waals surface area contributed by atoms with Gasteiger partial charge in [0.1, 0.15) is 17.9 Å². The third kappa shape index (κ3) is 6.22. The Bertz CT molecular complexity index is 1490. The lowest BCUT2D eigenvalue weighted by Crippen LogP contribution is -2.51. The Labute approximate surface area is 261 Å². The van der Waals surface area contributed by atoms with Crippen molar-refractivity contribution in [2.24, 2.45) is 11.3 Å². The number of likely N-dealkylation sites (tertiary alicyclic amines) is 1. The van der Waals surface area contributed by atoms with Gasteiger partial charge in [-0.1, -0.05) is 90.1 Å². The molecule has 5 atom stereocenters. The van der Waals surface area contributed by atoms with E-state index in [1.165, 1.54) is 0 Å². The highest BCUT2D eigenvalue weighted by Crippen LogP contribution is 2.51. The molecule has 1 N–H and O–H groups in total. The maximum absolute atomic E-state index is 14.4. The SMILES string of the molecule is COc1ccc(C(C)(C)C)cc1CO[C@H]1[C@H](C(C)(C)C)[C@@H](C(=O)O)N(C(=O)[C@@H]2CCCCO2)[C@H]1c1cccc2ccccc12. The molecule has 236 valence electrons. The van der Waals surface area contributed by atoms with Crippen molar-refractivity contribution in [2.45, 2.75) is 97.1 Å². The number of carbonyl (C=O) groups excluding carboxylic acids is 1. The number of fused-ring (bicyclic) bond motifs is 1. The van der Waals surface area contributed by atoms with Crippen molar-refractivity contribution in [3.8, 4) is 5.75 Å². The summed E-state index contributed by atoms with van der Waals surface area (Å²) in [5, 5.41) is 12.8. The summed E-state index contributed by atoms with van der Waals surface area (Å²) in [6.07, 6.45) is 1.05. The van der Waals surface area contributed by atoms with Crippen molar-refractivity contribution < 1.29 is 28.9 Å². The second kappa shape index (κ2) is 12.5. The molecule has 2 saturated heterocycles. The second-order valence-electron chi connectivity index (χ2n) is 14.3. The van der Waals surface area contributed by atoms with Gasteiger partial charge in [-0.25, -0.2) is 4.79 Å². The summed E-state index contributed by atoms with van der Waals surface area (Å²) in [6, 6.07) is 18.5. The van der Waals surface area contributed by atoms with E-state index in [1.54, 1.807) is 12.0 Å². The van der Waals surface area contributed by atoms with Crippen molar-refractivity contribution in [2.75, 3.05) is 13.7 Å². The number of nitrogens with zero attached hydrogens (tertiary/aromatic N) is 1. The average Bonchev–Trinajstić information content (AvgIpc) is 3.35. The first-order valence-electron chi connectivity index (χ1n) is 15.8. The van der Waals surface area contributed by atoms with E-state index in [9.17, 15) is 14.7 Å². The number of aliphatic carboxylic acids is 1. The van der Waals surface area contributed by atoms with Gasteiger partial charge in [-0.05, 0) is 64.1 Å². The van der Waals surface area contributed by atoms with Gasteiger partial charge in [0.15, 0.2) is 0 Å². The fourth-order valence-electron chi connectivity index (χ4n) is 7.07. The van der Waals surface area contributed by atoms with Crippen LogP contribution in [0.5, 0.6) is 5.75 Å². The number of ether oxygens (including phenoxy) is 3. The van der Waals surface area contributed by atoms with Gasteiger partial charge in [0, 0.05) is 18.1 Å². The number of hydrogen-bond acceptors (Lipinski definition) is 5. The molecule has 0 aliphatic carbocycles. The van der Waals surface area contributed by atoms with Crippen LogP contribution < -0.4 is 4.74 Å². The molecule has 44 heavy (non-hydrogen) atoms. The van der Waals surface area contributed by atoms with Crippen LogP contribution >= 0.6 is 0 Å². The zero-order valence-corrected chi connectivity index (χ0v) is 27.1. The molecule has 2 aliphatic rings. The van der Waals surface area contributed by atoms with Crippen molar-refractivity contribution in [1.29, 1.82) is 0 Å². The average molecular weight is 602 g/mol. The van der Waals surface area contributed by atoms with E-state index < -0.39 is 41.6 Å². The normalized spacial score (nSPS) is 24.4. The molecule has 2 fully saturated rings. The molecule has 0 bridgehead atoms. The molecule has 2 heterocycles. The first-order chi connectivity index (χ1) is 20.8. The summed E-state index contributed by atoms with van der Waals surface area (Å²) in [5.74, 6) is -1.10. The van der Waals surface area contributed by atoms with Crippen LogP contribution in [0, 0.1) is 11.3 Å². The standard InChI is InChI=1S/C37H47NO6/c1-36(2,3)25-18-19-28(42-7)24(21-25)22-44-33-30(37(4,5)6)32(35(40)41)38(34(39)29-17-10-11-20-43-29)31(33)27-16-12-14-23-13-8-9-15-26(23)27/h8-9,12-16,18-19,21,29-33H,10-11,17,20,22H2,1-7H3,(H,40,41)/t29-,30+,31-,32-,33-/m0/s1. The molecular weight excluding hydrogens is 554 g/mol. The number of carbonyl (C=O) groups is 2. The fraction of sp³-hybridized carbons (Fsp3) is 0.514. The first-order valence-corrected chi connectivity index (χ1v) is 15.8. The molecule has 1 amide bonds. The van der Waals surface area contributed by atoms with E-state index >= 15 is 0 Å². The quantitative estimate of drug-likeness (QED) is 0.306. The lowest BCUT2D eigenvalue weighted by molar-refractivity contribution is -0.159. The van der Waals surface area contributed by atoms with Crippen LogP contribution in [0.25, 0.3) is 10.8 Å². The highest BCUT2D eigenvalue weighted by atomic mass is 16.5. The first kappa shape index (κ1) is 32.0. The maximum atomic E-state index is 14.4. The molecule has 2 aliphatic heterocycles. The highest BCUT2D eigenvalue weighted by molar-refractivity contribution is 5.91. The molecule has 3 aromatic carbocycles. The van der Waals surface area contributed by atoms with E-state index in [2.05, 4.69) is 32.9 Å². The Morgan fingerprint density at radius 2 is 1.70 bits per heavy atom. The number of rotatable bonds is 7. The van der Waals surface area contributed by atoms with Crippen molar-refractivity contribution in [3.05, 3.63) is 77.4 Å². The Balaban J connectivity index is 1.68. The monoisotopic (exact) mass is 601 g/mol. The van der Waals surface area contributed by atoms with Crippen LogP contribution in [0.2, 0.25) is 0 Å². The van der Waals surface area contributed by atoms with Gasteiger partial charge in [-0.15, -0.1) is 0 Å². The van der Waals surface area contributed by atoms with Crippen LogP contribution in [0.1, 0.15) is 83.5 Å². The molecule has 0 saturated carbocycles. The predicted octanol–water partition coefficient (Wildman–Crippen LogP) is 7.30. The largest absolute Gasteiger partial charge is 0.496 e. The van der Waals surface area contributed by atoms with Gasteiger partial charge in [-0.3, -0.25) is 4.79 Å². The summed E-state index contributed by atoms with van der Waals surface area (Å²) in [6.45, 7) is 13.3. The summed E-state index contributed by atoms with van der Waals surface area (Å²) >= 11 is 0. The predicted molar refractivity (Wildman–Crippen MR) is 172 cm³/mol. The van der Waals surface area contributed by atoms with Crippen molar-refractivity contribution >= 4 is 22.6 Å². The minimum absolute atomic E-state index is 0.0779. The summed E-state index contributed by atoms with van der Waals surface area (Å²) in [4.78, 5) is 29.3. The zero-order chi connectivity index (χ0) is 31.8. The summed E-state index contributed by atoms with van der Waals surface area (Å²) in [7, 11) is 1.65.